The molecule has 2 aromatic carbocycles. The van der Waals surface area contributed by atoms with E-state index in [2.05, 4.69) is 20.2 Å². The molecule has 10 heteroatoms. The van der Waals surface area contributed by atoms with Gasteiger partial charge in [0.25, 0.3) is 11.8 Å². The zero-order valence-corrected chi connectivity index (χ0v) is 19.1. The van der Waals surface area contributed by atoms with Gasteiger partial charge in [0.15, 0.2) is 5.82 Å². The Hall–Kier alpha value is -3.30. The van der Waals surface area contributed by atoms with E-state index in [1.54, 1.807) is 24.3 Å². The van der Waals surface area contributed by atoms with Gasteiger partial charge in [-0.15, -0.1) is 0 Å². The summed E-state index contributed by atoms with van der Waals surface area (Å²) >= 11 is 5.85. The van der Waals surface area contributed by atoms with Gasteiger partial charge in [-0.2, -0.15) is 0 Å². The highest BCUT2D eigenvalue weighted by Gasteiger charge is 2.16. The molecule has 2 heterocycles. The van der Waals surface area contributed by atoms with E-state index < -0.39 is 11.6 Å². The van der Waals surface area contributed by atoms with Crippen molar-refractivity contribution in [2.24, 2.45) is 0 Å². The smallest absolute Gasteiger partial charge is 0.258 e. The Bertz CT molecular complexity index is 1190. The second-order valence-corrected chi connectivity index (χ2v) is 8.32. The molecule has 1 aliphatic rings. The lowest BCUT2D eigenvalue weighted by Gasteiger charge is -2.15. The maximum Gasteiger partial charge on any atom is 0.258 e. The topological polar surface area (TPSA) is 93.4 Å². The standard InChI is InChI=1S/C24H24ClF2N5O2/c25-21-17(18(26)6-7-19(21)27)14-34-24-22(28)30-13-20(31-24)15-4-3-5-16(12-15)23(33)29-8-11-32-9-1-2-10-32/h3-7,12-13H,1-2,8-11,14H2,(H2,28,30)(H,29,33). The van der Waals surface area contributed by atoms with Gasteiger partial charge >= 0.3 is 0 Å². The Balaban J connectivity index is 1.46. The van der Waals surface area contributed by atoms with E-state index in [-0.39, 0.29) is 34.8 Å². The molecular formula is C24H24ClF2N5O2. The van der Waals surface area contributed by atoms with Crippen LogP contribution in [0.2, 0.25) is 5.02 Å². The molecule has 7 nitrogen and oxygen atoms in total. The third-order valence-electron chi connectivity index (χ3n) is 5.59. The van der Waals surface area contributed by atoms with Crippen LogP contribution in [0.3, 0.4) is 0 Å². The molecule has 3 aromatic rings. The Labute approximate surface area is 200 Å². The number of aromatic nitrogens is 2. The highest BCUT2D eigenvalue weighted by atomic mass is 35.5. The second kappa shape index (κ2) is 10.8. The van der Waals surface area contributed by atoms with Gasteiger partial charge in [0.1, 0.15) is 18.2 Å². The molecule has 3 N–H and O–H groups in total. The first-order valence-electron chi connectivity index (χ1n) is 10.9. The van der Waals surface area contributed by atoms with E-state index >= 15 is 0 Å². The molecule has 1 aromatic heterocycles. The largest absolute Gasteiger partial charge is 0.470 e. The van der Waals surface area contributed by atoms with Crippen LogP contribution in [0.15, 0.2) is 42.6 Å². The summed E-state index contributed by atoms with van der Waals surface area (Å²) in [5.74, 6) is -1.73. The molecule has 0 radical (unpaired) electrons. The van der Waals surface area contributed by atoms with Crippen LogP contribution in [-0.2, 0) is 6.61 Å². The van der Waals surface area contributed by atoms with E-state index in [1.807, 2.05) is 0 Å². The molecule has 1 saturated heterocycles. The number of nitrogens with two attached hydrogens (primary N) is 1. The number of hydrogen-bond donors (Lipinski definition) is 2. The quantitative estimate of drug-likeness (QED) is 0.465. The number of carbonyl (C=O) groups is 1. The van der Waals surface area contributed by atoms with Gasteiger partial charge in [-0.3, -0.25) is 4.79 Å². The first-order chi connectivity index (χ1) is 16.4. The van der Waals surface area contributed by atoms with E-state index in [0.29, 0.717) is 23.4 Å². The van der Waals surface area contributed by atoms with Crippen LogP contribution in [0.4, 0.5) is 14.6 Å². The average Bonchev–Trinajstić information content (AvgIpc) is 3.36. The molecule has 1 aliphatic heterocycles. The number of hydrogen-bond acceptors (Lipinski definition) is 6. The fourth-order valence-electron chi connectivity index (χ4n) is 3.72. The van der Waals surface area contributed by atoms with Gasteiger partial charge in [-0.25, -0.2) is 18.7 Å². The number of nitrogen functional groups attached to an aromatic ring is 1. The summed E-state index contributed by atoms with van der Waals surface area (Å²) < 4.78 is 33.2. The molecule has 0 bridgehead atoms. The summed E-state index contributed by atoms with van der Waals surface area (Å²) in [7, 11) is 0. The van der Waals surface area contributed by atoms with Crippen molar-refractivity contribution in [2.45, 2.75) is 19.4 Å². The highest BCUT2D eigenvalue weighted by molar-refractivity contribution is 6.31. The Morgan fingerprint density at radius 1 is 1.18 bits per heavy atom. The van der Waals surface area contributed by atoms with Gasteiger partial charge in [-0.05, 0) is 50.2 Å². The number of carbonyl (C=O) groups excluding carboxylic acids is 1. The van der Waals surface area contributed by atoms with Crippen molar-refractivity contribution in [2.75, 3.05) is 31.9 Å². The molecule has 178 valence electrons. The maximum absolute atomic E-state index is 14.0. The number of rotatable bonds is 8. The molecule has 0 aliphatic carbocycles. The number of halogens is 3. The van der Waals surface area contributed by atoms with E-state index in [1.165, 1.54) is 19.0 Å². The number of amides is 1. The molecule has 0 saturated carbocycles. The van der Waals surface area contributed by atoms with Crippen molar-refractivity contribution in [1.29, 1.82) is 0 Å². The Morgan fingerprint density at radius 2 is 1.94 bits per heavy atom. The van der Waals surface area contributed by atoms with Crippen LogP contribution >= 0.6 is 11.6 Å². The minimum absolute atomic E-state index is 0.0208. The summed E-state index contributed by atoms with van der Waals surface area (Å²) in [4.78, 5) is 23.3. The first kappa shape index (κ1) is 23.8. The van der Waals surface area contributed by atoms with Crippen LogP contribution in [0.25, 0.3) is 11.3 Å². The molecule has 0 unspecified atom stereocenters. The Morgan fingerprint density at radius 3 is 2.74 bits per heavy atom. The fraction of sp³-hybridized carbons (Fsp3) is 0.292. The van der Waals surface area contributed by atoms with Crippen molar-refractivity contribution in [3.8, 4) is 17.1 Å². The zero-order valence-electron chi connectivity index (χ0n) is 18.4. The molecule has 1 fully saturated rings. The zero-order chi connectivity index (χ0) is 24.1. The number of ether oxygens (including phenoxy) is 1. The van der Waals surface area contributed by atoms with Gasteiger partial charge < -0.3 is 20.7 Å². The van der Waals surface area contributed by atoms with Crippen LogP contribution < -0.4 is 15.8 Å². The summed E-state index contributed by atoms with van der Waals surface area (Å²) in [6.07, 6.45) is 3.85. The number of nitrogens with zero attached hydrogens (tertiary/aromatic N) is 3. The van der Waals surface area contributed by atoms with Gasteiger partial charge in [0.05, 0.1) is 16.9 Å². The molecule has 0 atom stereocenters. The lowest BCUT2D eigenvalue weighted by molar-refractivity contribution is 0.0950. The van der Waals surface area contributed by atoms with Crippen molar-refractivity contribution in [1.82, 2.24) is 20.2 Å². The second-order valence-electron chi connectivity index (χ2n) is 7.94. The summed E-state index contributed by atoms with van der Waals surface area (Å²) in [6, 6.07) is 8.82. The average molecular weight is 488 g/mol. The SMILES string of the molecule is Nc1ncc(-c2cccc(C(=O)NCCN3CCCC3)c2)nc1OCc1c(F)ccc(F)c1Cl. The van der Waals surface area contributed by atoms with Crippen molar-refractivity contribution >= 4 is 23.3 Å². The Kier molecular flexibility index (Phi) is 7.54. The number of benzene rings is 2. The molecule has 4 rings (SSSR count). The predicted molar refractivity (Wildman–Crippen MR) is 126 cm³/mol. The monoisotopic (exact) mass is 487 g/mol. The van der Waals surface area contributed by atoms with Crippen LogP contribution in [0.1, 0.15) is 28.8 Å². The predicted octanol–water partition coefficient (Wildman–Crippen LogP) is 4.06. The van der Waals surface area contributed by atoms with E-state index in [9.17, 15) is 13.6 Å². The molecule has 1 amide bonds. The summed E-state index contributed by atoms with van der Waals surface area (Å²) in [5, 5.41) is 2.57. The first-order valence-corrected chi connectivity index (χ1v) is 11.3. The van der Waals surface area contributed by atoms with E-state index in [0.717, 1.165) is 31.8 Å². The van der Waals surface area contributed by atoms with Crippen molar-refractivity contribution in [3.05, 3.63) is 70.4 Å². The highest BCUT2D eigenvalue weighted by Crippen LogP contribution is 2.27. The molecular weight excluding hydrogens is 464 g/mol. The summed E-state index contributed by atoms with van der Waals surface area (Å²) in [5.41, 5.74) is 7.21. The van der Waals surface area contributed by atoms with E-state index in [4.69, 9.17) is 22.1 Å². The van der Waals surface area contributed by atoms with Gasteiger partial charge in [0.2, 0.25) is 0 Å². The molecule has 34 heavy (non-hydrogen) atoms. The van der Waals surface area contributed by atoms with Gasteiger partial charge in [0, 0.05) is 29.8 Å². The summed E-state index contributed by atoms with van der Waals surface area (Å²) in [6.45, 7) is 3.16. The molecule has 0 spiro atoms. The number of nitrogens with one attached hydrogen (secondary N) is 1. The van der Waals surface area contributed by atoms with Crippen molar-refractivity contribution < 1.29 is 18.3 Å². The van der Waals surface area contributed by atoms with Crippen LogP contribution in [0.5, 0.6) is 5.88 Å². The number of anilines is 1. The lowest BCUT2D eigenvalue weighted by atomic mass is 10.1. The third-order valence-corrected chi connectivity index (χ3v) is 6.00. The van der Waals surface area contributed by atoms with Gasteiger partial charge in [-0.1, -0.05) is 23.7 Å². The fourth-order valence-corrected chi connectivity index (χ4v) is 3.93. The third kappa shape index (κ3) is 5.60. The van der Waals surface area contributed by atoms with Crippen molar-refractivity contribution in [3.63, 3.8) is 0 Å². The van der Waals surface area contributed by atoms with Crippen LogP contribution in [-0.4, -0.2) is 47.0 Å². The minimum Gasteiger partial charge on any atom is -0.470 e. The van der Waals surface area contributed by atoms with Crippen LogP contribution in [0, 0.1) is 11.6 Å². The maximum atomic E-state index is 14.0. The lowest BCUT2D eigenvalue weighted by Crippen LogP contribution is -2.33. The number of likely N-dealkylation sites (tertiary alicyclic amines) is 1. The normalized spacial score (nSPS) is 13.7. The minimum atomic E-state index is -0.759.